The van der Waals surface area contributed by atoms with Crippen molar-refractivity contribution in [1.29, 1.82) is 0 Å². The lowest BCUT2D eigenvalue weighted by Gasteiger charge is -2.62. The Morgan fingerprint density at radius 2 is 1.70 bits per heavy atom. The topological polar surface area (TPSA) is 109 Å². The zero-order chi connectivity index (χ0) is 34.0. The van der Waals surface area contributed by atoms with Gasteiger partial charge >= 0.3 is 5.97 Å². The molecule has 10 atom stereocenters. The van der Waals surface area contributed by atoms with Crippen molar-refractivity contribution in [3.05, 3.63) is 35.1 Å². The third-order valence-corrected chi connectivity index (χ3v) is 15.4. The lowest BCUT2D eigenvalue weighted by atomic mass is 9.38. The second kappa shape index (κ2) is 10.3. The van der Waals surface area contributed by atoms with Crippen molar-refractivity contribution < 1.29 is 29.4 Å². The second-order valence-corrected chi connectivity index (χ2v) is 18.2. The van der Waals surface area contributed by atoms with E-state index >= 15 is 9.59 Å². The van der Waals surface area contributed by atoms with E-state index in [4.69, 9.17) is 0 Å². The lowest BCUT2D eigenvalue weighted by Crippen LogP contribution is -2.66. The molecule has 2 N–H and O–H groups in total. The van der Waals surface area contributed by atoms with E-state index in [1.807, 2.05) is 27.7 Å². The van der Waals surface area contributed by atoms with Crippen LogP contribution in [0.15, 0.2) is 35.1 Å². The Morgan fingerprint density at radius 1 is 1.04 bits per heavy atom. The highest BCUT2D eigenvalue weighted by Crippen LogP contribution is 2.82. The van der Waals surface area contributed by atoms with Gasteiger partial charge in [-0.25, -0.2) is 0 Å². The molecule has 6 rings (SSSR count). The van der Waals surface area contributed by atoms with Crippen molar-refractivity contribution in [2.45, 2.75) is 120 Å². The van der Waals surface area contributed by atoms with Crippen LogP contribution in [0.4, 0.5) is 0 Å². The number of Topliss-reactive ketones (excluding diaryl/α,β-unsaturated/α-hetero) is 2. The van der Waals surface area contributed by atoms with Gasteiger partial charge in [0.1, 0.15) is 6.29 Å². The van der Waals surface area contributed by atoms with E-state index in [1.165, 1.54) is 0 Å². The van der Waals surface area contributed by atoms with E-state index in [0.29, 0.717) is 19.3 Å². The van der Waals surface area contributed by atoms with E-state index in [2.05, 4.69) is 40.3 Å². The molecule has 0 radical (unpaired) electrons. The number of aliphatic hydroxyl groups is 1. The fourth-order valence-electron chi connectivity index (χ4n) is 13.9. The van der Waals surface area contributed by atoms with E-state index in [0.717, 1.165) is 62.4 Å². The summed E-state index contributed by atoms with van der Waals surface area (Å²) < 4.78 is 0. The lowest BCUT2D eigenvalue weighted by molar-refractivity contribution is -0.171. The van der Waals surface area contributed by atoms with Crippen LogP contribution < -0.4 is 0 Å². The molecule has 10 unspecified atom stereocenters. The number of aliphatic hydroxyl groups excluding tert-OH is 1. The molecule has 4 saturated carbocycles. The molecule has 0 bridgehead atoms. The predicted octanol–water partition coefficient (Wildman–Crippen LogP) is 8.46. The average Bonchev–Trinajstić information content (AvgIpc) is 3.17. The fourth-order valence-corrected chi connectivity index (χ4v) is 13.9. The highest BCUT2D eigenvalue weighted by molar-refractivity contribution is 6.19. The average molecular weight is 633 g/mol. The molecule has 6 aliphatic carbocycles. The maximum atomic E-state index is 15.6. The zero-order valence-corrected chi connectivity index (χ0v) is 29.4. The van der Waals surface area contributed by atoms with Gasteiger partial charge in [-0.2, -0.15) is 0 Å². The molecule has 252 valence electrons. The Labute approximate surface area is 275 Å². The van der Waals surface area contributed by atoms with E-state index < -0.39 is 45.2 Å². The normalized spacial score (nSPS) is 46.7. The van der Waals surface area contributed by atoms with Crippen LogP contribution in [0.1, 0.15) is 120 Å². The van der Waals surface area contributed by atoms with E-state index in [1.54, 1.807) is 0 Å². The molecule has 6 heteroatoms. The minimum Gasteiger partial charge on any atom is -0.504 e. The summed E-state index contributed by atoms with van der Waals surface area (Å²) in [7, 11) is 0. The first-order valence-electron chi connectivity index (χ1n) is 17.9. The van der Waals surface area contributed by atoms with Crippen LogP contribution >= 0.6 is 0 Å². The molecule has 46 heavy (non-hydrogen) atoms. The smallest absolute Gasteiger partial charge is 0.309 e. The van der Waals surface area contributed by atoms with Crippen LogP contribution in [-0.2, 0) is 19.2 Å². The third-order valence-electron chi connectivity index (χ3n) is 15.4. The van der Waals surface area contributed by atoms with Gasteiger partial charge < -0.3 is 15.0 Å². The molecule has 0 saturated heterocycles. The predicted molar refractivity (Wildman–Crippen MR) is 178 cm³/mol. The SMILES string of the molecule is C=C1CCC2C(C)(C(=O)O)CCCC2(C)C1CC1C=C(C)CC23C(=O)C(O)=C(C(C)C)C(=O)C12C(C=O)C1C(C)(C)CCCC13C. The van der Waals surface area contributed by atoms with Crippen molar-refractivity contribution in [1.82, 2.24) is 0 Å². The highest BCUT2D eigenvalue weighted by atomic mass is 16.4. The molecule has 0 amide bonds. The van der Waals surface area contributed by atoms with E-state index in [9.17, 15) is 19.8 Å². The monoisotopic (exact) mass is 632 g/mol. The summed E-state index contributed by atoms with van der Waals surface area (Å²) in [5.74, 6) is -3.49. The summed E-state index contributed by atoms with van der Waals surface area (Å²) in [4.78, 5) is 57.3. The maximum Gasteiger partial charge on any atom is 0.309 e. The molecule has 6 aliphatic rings. The summed E-state index contributed by atoms with van der Waals surface area (Å²) in [6.07, 6.45) is 10.5. The van der Waals surface area contributed by atoms with Crippen LogP contribution in [0.25, 0.3) is 0 Å². The Hall–Kier alpha value is -2.50. The fraction of sp³-hybridized carbons (Fsp3) is 0.750. The number of aliphatic carboxylic acids is 1. The van der Waals surface area contributed by atoms with Gasteiger partial charge in [0.15, 0.2) is 11.5 Å². The molecule has 0 spiro atoms. The van der Waals surface area contributed by atoms with Crippen LogP contribution in [0.5, 0.6) is 0 Å². The van der Waals surface area contributed by atoms with Crippen molar-refractivity contribution >= 4 is 23.8 Å². The summed E-state index contributed by atoms with van der Waals surface area (Å²) in [5.41, 5.74) is -2.41. The summed E-state index contributed by atoms with van der Waals surface area (Å²) in [6.45, 7) is 21.1. The highest BCUT2D eigenvalue weighted by Gasteiger charge is 2.84. The number of fused-ring (bicyclic) bond motifs is 2. The van der Waals surface area contributed by atoms with Crippen LogP contribution in [0.3, 0.4) is 0 Å². The first-order valence-corrected chi connectivity index (χ1v) is 17.9. The van der Waals surface area contributed by atoms with Crippen molar-refractivity contribution in [2.75, 3.05) is 0 Å². The number of hydrogen-bond donors (Lipinski definition) is 2. The van der Waals surface area contributed by atoms with Gasteiger partial charge in [0.05, 0.1) is 16.2 Å². The van der Waals surface area contributed by atoms with Gasteiger partial charge in [0.25, 0.3) is 0 Å². The minimum atomic E-state index is -1.33. The molecule has 0 aromatic heterocycles. The summed E-state index contributed by atoms with van der Waals surface area (Å²) in [5, 5.41) is 22.2. The number of allylic oxidation sites excluding steroid dienone is 5. The number of rotatable bonds is 5. The summed E-state index contributed by atoms with van der Waals surface area (Å²) in [6, 6.07) is 0. The van der Waals surface area contributed by atoms with Gasteiger partial charge in [-0.3, -0.25) is 14.4 Å². The van der Waals surface area contributed by atoms with Gasteiger partial charge in [-0.1, -0.05) is 78.2 Å². The molecule has 0 heterocycles. The van der Waals surface area contributed by atoms with Gasteiger partial charge in [-0.15, -0.1) is 0 Å². The molecule has 0 aromatic carbocycles. The van der Waals surface area contributed by atoms with Crippen LogP contribution in [0.2, 0.25) is 0 Å². The molecule has 6 nitrogen and oxygen atoms in total. The Morgan fingerprint density at radius 3 is 2.30 bits per heavy atom. The standard InChI is InChI=1S/C40H56O6/c1-22(2)29-30(42)33(44)39-20-23(3)18-25(19-26-24(4)12-13-28-36(26,7)15-11-16-37(28,8)34(45)46)40(39,32(29)43)27(21-41)31-35(5,6)14-10-17-38(31,39)9/h18,21-22,25-28,31,42H,4,10-17,19-20H2,1-3,5-9H3,(H,45,46). The minimum absolute atomic E-state index is 0.0407. The number of carboxylic acids is 1. The number of carbonyl (C=O) groups is 4. The molecule has 0 aliphatic heterocycles. The number of carboxylic acid groups (broad SMARTS) is 1. The quantitative estimate of drug-likeness (QED) is 0.233. The largest absolute Gasteiger partial charge is 0.504 e. The van der Waals surface area contributed by atoms with Crippen molar-refractivity contribution in [2.24, 2.45) is 68.0 Å². The number of carbonyl (C=O) groups excluding carboxylic acids is 3. The first kappa shape index (κ1) is 33.4. The third kappa shape index (κ3) is 3.71. The molecule has 4 fully saturated rings. The van der Waals surface area contributed by atoms with Gasteiger partial charge in [0, 0.05) is 11.5 Å². The zero-order valence-electron chi connectivity index (χ0n) is 29.4. The van der Waals surface area contributed by atoms with Crippen LogP contribution in [-0.4, -0.2) is 34.0 Å². The Kier molecular flexibility index (Phi) is 7.44. The maximum absolute atomic E-state index is 15.6. The molecule has 0 aromatic rings. The Balaban J connectivity index is 1.62. The molecular formula is C40H56O6. The van der Waals surface area contributed by atoms with Crippen LogP contribution in [0, 0.1) is 68.0 Å². The first-order chi connectivity index (χ1) is 21.3. The number of hydrogen-bond acceptors (Lipinski definition) is 5. The second-order valence-electron chi connectivity index (χ2n) is 18.2. The van der Waals surface area contributed by atoms with Crippen molar-refractivity contribution in [3.8, 4) is 0 Å². The van der Waals surface area contributed by atoms with Gasteiger partial charge in [0.2, 0.25) is 5.78 Å². The number of aldehydes is 1. The number of ketones is 2. The van der Waals surface area contributed by atoms with E-state index in [-0.39, 0.29) is 51.6 Å². The molecular weight excluding hydrogens is 576 g/mol. The van der Waals surface area contributed by atoms with Gasteiger partial charge in [-0.05, 0) is 111 Å². The summed E-state index contributed by atoms with van der Waals surface area (Å²) >= 11 is 0. The Bertz CT molecular complexity index is 1480. The van der Waals surface area contributed by atoms with Crippen molar-refractivity contribution in [3.63, 3.8) is 0 Å².